The fourth-order valence-electron chi connectivity index (χ4n) is 5.18. The Morgan fingerprint density at radius 1 is 0.900 bits per heavy atom. The summed E-state index contributed by atoms with van der Waals surface area (Å²) in [6.07, 6.45) is 8.50. The van der Waals surface area contributed by atoms with E-state index in [2.05, 4.69) is 11.7 Å². The van der Waals surface area contributed by atoms with Gasteiger partial charge in [-0.3, -0.25) is 4.79 Å². The quantitative estimate of drug-likeness (QED) is 0.339. The highest BCUT2D eigenvalue weighted by Crippen LogP contribution is 2.42. The molecule has 168 valence electrons. The lowest BCUT2D eigenvalue weighted by Crippen LogP contribution is -2.30. The molecule has 30 heavy (non-hydrogen) atoms. The Bertz CT molecular complexity index is 655. The highest BCUT2D eigenvalue weighted by Gasteiger charge is 2.34. The van der Waals surface area contributed by atoms with Crippen LogP contribution in [-0.4, -0.2) is 12.3 Å². The summed E-state index contributed by atoms with van der Waals surface area (Å²) in [5.41, 5.74) is 0. The van der Waals surface area contributed by atoms with E-state index in [0.717, 1.165) is 55.6 Å². The minimum absolute atomic E-state index is 0.117. The van der Waals surface area contributed by atoms with Crippen LogP contribution in [0.4, 0.5) is 13.2 Å². The number of alkyl halides is 3. The Balaban J connectivity index is 1.40. The number of carbonyl (C=O) groups excluding carboxylic acids is 1. The Labute approximate surface area is 177 Å². The van der Waals surface area contributed by atoms with Gasteiger partial charge in [-0.15, -0.1) is 13.2 Å². The van der Waals surface area contributed by atoms with Crippen LogP contribution in [0.2, 0.25) is 0 Å². The third-order valence-electron chi connectivity index (χ3n) is 6.90. The molecule has 6 heteroatoms. The van der Waals surface area contributed by atoms with Crippen LogP contribution in [0.25, 0.3) is 0 Å². The van der Waals surface area contributed by atoms with E-state index < -0.39 is 6.36 Å². The molecule has 2 aliphatic carbocycles. The van der Waals surface area contributed by atoms with Crippen molar-refractivity contribution in [1.29, 1.82) is 0 Å². The number of unbranched alkanes of at least 4 members (excludes halogenated alkanes) is 1. The summed E-state index contributed by atoms with van der Waals surface area (Å²) >= 11 is 0. The maximum absolute atomic E-state index is 12.5. The summed E-state index contributed by atoms with van der Waals surface area (Å²) in [4.78, 5) is 12.5. The van der Waals surface area contributed by atoms with Crippen molar-refractivity contribution in [2.75, 3.05) is 0 Å². The van der Waals surface area contributed by atoms with Gasteiger partial charge < -0.3 is 9.47 Å². The average Bonchev–Trinajstić information content (AvgIpc) is 2.73. The van der Waals surface area contributed by atoms with E-state index >= 15 is 0 Å². The minimum Gasteiger partial charge on any atom is -0.426 e. The fraction of sp³-hybridized carbons (Fsp3) is 0.708. The van der Waals surface area contributed by atoms with Gasteiger partial charge in [-0.05, 0) is 80.5 Å². The molecule has 0 bridgehead atoms. The first-order valence-electron chi connectivity index (χ1n) is 11.4. The average molecular weight is 427 g/mol. The van der Waals surface area contributed by atoms with Crippen LogP contribution in [-0.2, 0) is 4.79 Å². The third-order valence-corrected chi connectivity index (χ3v) is 6.90. The molecule has 0 aliphatic heterocycles. The van der Waals surface area contributed by atoms with Gasteiger partial charge in [0.25, 0.3) is 0 Å². The van der Waals surface area contributed by atoms with Crippen molar-refractivity contribution < 1.29 is 27.4 Å². The van der Waals surface area contributed by atoms with Crippen LogP contribution in [0.5, 0.6) is 11.5 Å². The van der Waals surface area contributed by atoms with Crippen LogP contribution in [0.1, 0.15) is 77.6 Å². The number of esters is 1. The van der Waals surface area contributed by atoms with Gasteiger partial charge in [-0.25, -0.2) is 0 Å². The van der Waals surface area contributed by atoms with Gasteiger partial charge in [0.15, 0.2) is 0 Å². The van der Waals surface area contributed by atoms with Crippen LogP contribution >= 0.6 is 0 Å². The Hall–Kier alpha value is -1.72. The number of rotatable bonds is 7. The summed E-state index contributed by atoms with van der Waals surface area (Å²) < 4.78 is 45.9. The Kier molecular flexibility index (Phi) is 8.06. The van der Waals surface area contributed by atoms with E-state index in [1.807, 2.05) is 0 Å². The maximum atomic E-state index is 12.5. The summed E-state index contributed by atoms with van der Waals surface area (Å²) in [7, 11) is 0. The third kappa shape index (κ3) is 6.92. The van der Waals surface area contributed by atoms with Crippen molar-refractivity contribution in [2.24, 2.45) is 23.7 Å². The monoisotopic (exact) mass is 426 g/mol. The van der Waals surface area contributed by atoms with Crippen LogP contribution in [0, 0.1) is 23.7 Å². The summed E-state index contributed by atoms with van der Waals surface area (Å²) in [5, 5.41) is 0. The molecule has 0 heterocycles. The van der Waals surface area contributed by atoms with Crippen molar-refractivity contribution in [3.8, 4) is 11.5 Å². The minimum atomic E-state index is -4.73. The lowest BCUT2D eigenvalue weighted by molar-refractivity contribution is -0.274. The van der Waals surface area contributed by atoms with E-state index in [4.69, 9.17) is 4.74 Å². The smallest absolute Gasteiger partial charge is 0.426 e. The lowest BCUT2D eigenvalue weighted by atomic mass is 9.68. The van der Waals surface area contributed by atoms with Gasteiger partial charge >= 0.3 is 12.3 Å². The fourth-order valence-corrected chi connectivity index (χ4v) is 5.18. The zero-order valence-corrected chi connectivity index (χ0v) is 17.8. The number of hydrogen-bond donors (Lipinski definition) is 0. The van der Waals surface area contributed by atoms with Gasteiger partial charge in [0.05, 0.1) is 5.92 Å². The maximum Gasteiger partial charge on any atom is 0.573 e. The molecular formula is C24H33F3O3. The number of carbonyl (C=O) groups is 1. The first-order valence-corrected chi connectivity index (χ1v) is 11.4. The van der Waals surface area contributed by atoms with Crippen molar-refractivity contribution in [1.82, 2.24) is 0 Å². The topological polar surface area (TPSA) is 35.5 Å². The molecule has 0 unspecified atom stereocenters. The second-order valence-corrected chi connectivity index (χ2v) is 8.98. The predicted octanol–water partition coefficient (Wildman–Crippen LogP) is 7.29. The Morgan fingerprint density at radius 3 is 1.97 bits per heavy atom. The highest BCUT2D eigenvalue weighted by atomic mass is 19.4. The molecule has 2 aliphatic rings. The van der Waals surface area contributed by atoms with Crippen molar-refractivity contribution in [3.63, 3.8) is 0 Å². The van der Waals surface area contributed by atoms with Gasteiger partial charge in [-0.2, -0.15) is 0 Å². The zero-order chi connectivity index (χ0) is 21.6. The van der Waals surface area contributed by atoms with Crippen molar-refractivity contribution in [2.45, 2.75) is 83.9 Å². The van der Waals surface area contributed by atoms with Crippen LogP contribution in [0.15, 0.2) is 24.3 Å². The lowest BCUT2D eigenvalue weighted by Gasteiger charge is -2.37. The second kappa shape index (κ2) is 10.5. The van der Waals surface area contributed by atoms with Gasteiger partial charge in [0.2, 0.25) is 0 Å². The SMILES string of the molecule is CCCCC1CCC(C2CCC(C(=O)Oc3ccc(OC(F)(F)F)cc3)CC2)CC1. The molecule has 0 N–H and O–H groups in total. The largest absolute Gasteiger partial charge is 0.573 e. The summed E-state index contributed by atoms with van der Waals surface area (Å²) in [5.74, 6) is 1.98. The molecule has 0 atom stereocenters. The van der Waals surface area contributed by atoms with Crippen LogP contribution < -0.4 is 9.47 Å². The molecule has 0 saturated heterocycles. The predicted molar refractivity (Wildman–Crippen MR) is 109 cm³/mol. The summed E-state index contributed by atoms with van der Waals surface area (Å²) in [6.45, 7) is 2.26. The normalized spacial score (nSPS) is 27.5. The summed E-state index contributed by atoms with van der Waals surface area (Å²) in [6, 6.07) is 4.98. The first-order chi connectivity index (χ1) is 14.3. The molecule has 2 saturated carbocycles. The second-order valence-electron chi connectivity index (χ2n) is 8.98. The molecule has 0 radical (unpaired) electrons. The molecule has 0 spiro atoms. The van der Waals surface area contributed by atoms with Crippen LogP contribution in [0.3, 0.4) is 0 Å². The molecule has 0 aromatic heterocycles. The molecular weight excluding hydrogens is 393 g/mol. The van der Waals surface area contributed by atoms with E-state index in [0.29, 0.717) is 0 Å². The van der Waals surface area contributed by atoms with E-state index in [9.17, 15) is 18.0 Å². The number of ether oxygens (including phenoxy) is 2. The van der Waals surface area contributed by atoms with Gasteiger partial charge in [0.1, 0.15) is 11.5 Å². The van der Waals surface area contributed by atoms with E-state index in [-0.39, 0.29) is 23.4 Å². The van der Waals surface area contributed by atoms with E-state index in [1.165, 1.54) is 57.1 Å². The Morgan fingerprint density at radius 2 is 1.43 bits per heavy atom. The zero-order valence-electron chi connectivity index (χ0n) is 17.8. The molecule has 3 nitrogen and oxygen atoms in total. The molecule has 2 fully saturated rings. The van der Waals surface area contributed by atoms with Gasteiger partial charge in [-0.1, -0.05) is 39.0 Å². The molecule has 1 aromatic carbocycles. The van der Waals surface area contributed by atoms with E-state index in [1.54, 1.807) is 0 Å². The van der Waals surface area contributed by atoms with Crippen molar-refractivity contribution >= 4 is 5.97 Å². The highest BCUT2D eigenvalue weighted by molar-refractivity contribution is 5.75. The first kappa shape index (κ1) is 23.0. The number of hydrogen-bond acceptors (Lipinski definition) is 3. The number of benzene rings is 1. The molecule has 0 amide bonds. The standard InChI is InChI=1S/C24H33F3O3/c1-2-3-4-17-5-7-18(8-6-17)19-9-11-20(12-10-19)23(28)29-21-13-15-22(16-14-21)30-24(25,26)27/h13-20H,2-12H2,1H3. The molecule has 3 rings (SSSR count). The number of halogens is 3. The molecule has 1 aromatic rings. The van der Waals surface area contributed by atoms with Crippen molar-refractivity contribution in [3.05, 3.63) is 24.3 Å². The van der Waals surface area contributed by atoms with Gasteiger partial charge in [0, 0.05) is 0 Å².